The third-order valence-electron chi connectivity index (χ3n) is 6.18. The molecule has 2 aliphatic rings. The van der Waals surface area contributed by atoms with Crippen LogP contribution < -0.4 is 15.4 Å². The van der Waals surface area contributed by atoms with Crippen LogP contribution >= 0.6 is 24.0 Å². The van der Waals surface area contributed by atoms with E-state index in [-0.39, 0.29) is 29.7 Å². The van der Waals surface area contributed by atoms with Crippen LogP contribution in [0.5, 0.6) is 11.5 Å². The van der Waals surface area contributed by atoms with Crippen LogP contribution in [0.3, 0.4) is 0 Å². The minimum absolute atomic E-state index is 0. The number of nitrogens with one attached hydrogen (secondary N) is 2. The summed E-state index contributed by atoms with van der Waals surface area (Å²) in [4.78, 5) is 7.47. The Morgan fingerprint density at radius 3 is 2.73 bits per heavy atom. The molecule has 2 fully saturated rings. The fraction of sp³-hybridized carbons (Fsp3) is 0.696. The molecular weight excluding hydrogens is 491 g/mol. The Balaban J connectivity index is 0.00000320. The largest absolute Gasteiger partial charge is 0.504 e. The smallest absolute Gasteiger partial charge is 0.191 e. The van der Waals surface area contributed by atoms with Crippen molar-refractivity contribution in [2.24, 2.45) is 4.99 Å². The van der Waals surface area contributed by atoms with Crippen LogP contribution in [0.15, 0.2) is 23.2 Å². The molecule has 3 rings (SSSR count). The number of guanidine groups is 1. The van der Waals surface area contributed by atoms with Gasteiger partial charge in [0.05, 0.1) is 7.11 Å². The summed E-state index contributed by atoms with van der Waals surface area (Å²) in [5, 5.41) is 17.3. The molecule has 30 heavy (non-hydrogen) atoms. The van der Waals surface area contributed by atoms with Crippen LogP contribution in [0.2, 0.25) is 0 Å². The highest BCUT2D eigenvalue weighted by Crippen LogP contribution is 2.29. The SMILES string of the molecule is CCNC(=NCCc1cccc(OC)c1O)NC1CCCN(C2CCCCC2)C1.I. The zero-order valence-electron chi connectivity index (χ0n) is 18.5. The zero-order chi connectivity index (χ0) is 20.5. The van der Waals surface area contributed by atoms with E-state index in [0.717, 1.165) is 30.7 Å². The molecule has 3 N–H and O–H groups in total. The van der Waals surface area contributed by atoms with Gasteiger partial charge in [-0.05, 0) is 57.2 Å². The molecule has 1 aliphatic carbocycles. The van der Waals surface area contributed by atoms with Crippen molar-refractivity contribution in [1.82, 2.24) is 15.5 Å². The fourth-order valence-electron chi connectivity index (χ4n) is 4.64. The molecule has 0 amide bonds. The summed E-state index contributed by atoms with van der Waals surface area (Å²) in [6, 6.07) is 6.84. The second-order valence-electron chi connectivity index (χ2n) is 8.25. The van der Waals surface area contributed by atoms with E-state index in [0.29, 0.717) is 24.8 Å². The van der Waals surface area contributed by atoms with E-state index in [1.165, 1.54) is 51.5 Å². The highest BCUT2D eigenvalue weighted by Gasteiger charge is 2.27. The van der Waals surface area contributed by atoms with Gasteiger partial charge in [0.1, 0.15) is 0 Å². The molecule has 170 valence electrons. The van der Waals surface area contributed by atoms with E-state index < -0.39 is 0 Å². The maximum absolute atomic E-state index is 10.3. The normalized spacial score (nSPS) is 21.0. The highest BCUT2D eigenvalue weighted by atomic mass is 127. The van der Waals surface area contributed by atoms with Gasteiger partial charge in [-0.1, -0.05) is 31.4 Å². The number of likely N-dealkylation sites (tertiary alicyclic amines) is 1. The van der Waals surface area contributed by atoms with Crippen LogP contribution in [-0.4, -0.2) is 61.3 Å². The van der Waals surface area contributed by atoms with E-state index >= 15 is 0 Å². The lowest BCUT2D eigenvalue weighted by Crippen LogP contribution is -2.53. The van der Waals surface area contributed by atoms with Crippen LogP contribution in [0, 0.1) is 0 Å². The van der Waals surface area contributed by atoms with Crippen molar-refractivity contribution in [1.29, 1.82) is 0 Å². The van der Waals surface area contributed by atoms with Crippen LogP contribution in [0.4, 0.5) is 0 Å². The predicted octanol–water partition coefficient (Wildman–Crippen LogP) is 3.91. The third-order valence-corrected chi connectivity index (χ3v) is 6.18. The van der Waals surface area contributed by atoms with E-state index in [1.807, 2.05) is 12.1 Å². The van der Waals surface area contributed by atoms with Gasteiger partial charge in [0, 0.05) is 31.7 Å². The number of halogens is 1. The molecule has 6 nitrogen and oxygen atoms in total. The summed E-state index contributed by atoms with van der Waals surface area (Å²) in [6.45, 7) is 5.92. The van der Waals surface area contributed by atoms with Gasteiger partial charge < -0.3 is 20.5 Å². The van der Waals surface area contributed by atoms with Crippen molar-refractivity contribution in [2.75, 3.05) is 33.3 Å². The Morgan fingerprint density at radius 1 is 1.20 bits per heavy atom. The number of rotatable bonds is 7. The summed E-state index contributed by atoms with van der Waals surface area (Å²) in [7, 11) is 1.57. The molecule has 0 aromatic heterocycles. The monoisotopic (exact) mass is 530 g/mol. The second kappa shape index (κ2) is 13.2. The van der Waals surface area contributed by atoms with E-state index in [2.05, 4.69) is 22.5 Å². The Bertz CT molecular complexity index is 665. The number of para-hydroxylation sites is 1. The van der Waals surface area contributed by atoms with Gasteiger partial charge in [-0.15, -0.1) is 24.0 Å². The standard InChI is InChI=1S/C23H38N4O2.HI/c1-3-24-23(25-15-14-18-9-7-13-21(29-2)22(18)28)26-19-10-8-16-27(17-19)20-11-5-4-6-12-20;/h7,9,13,19-20,28H,3-6,8,10-12,14-17H2,1-2H3,(H2,24,25,26);1H. The van der Waals surface area contributed by atoms with Crippen molar-refractivity contribution in [3.05, 3.63) is 23.8 Å². The lowest BCUT2D eigenvalue weighted by Gasteiger charge is -2.40. The van der Waals surface area contributed by atoms with Gasteiger partial charge in [-0.25, -0.2) is 0 Å². The quantitative estimate of drug-likeness (QED) is 0.284. The Labute approximate surface area is 198 Å². The molecule has 1 saturated heterocycles. The molecular formula is C23H39IN4O2. The molecule has 7 heteroatoms. The Morgan fingerprint density at radius 2 is 2.00 bits per heavy atom. The summed E-state index contributed by atoms with van der Waals surface area (Å²) >= 11 is 0. The summed E-state index contributed by atoms with van der Waals surface area (Å²) in [5.74, 6) is 1.62. The average Bonchev–Trinajstić information content (AvgIpc) is 2.76. The molecule has 1 aliphatic heterocycles. The lowest BCUT2D eigenvalue weighted by atomic mass is 9.92. The summed E-state index contributed by atoms with van der Waals surface area (Å²) in [6.07, 6.45) is 10.1. The molecule has 0 radical (unpaired) electrons. The first kappa shape index (κ1) is 25.0. The Kier molecular flexibility index (Phi) is 11.1. The van der Waals surface area contributed by atoms with Crippen molar-refractivity contribution >= 4 is 29.9 Å². The maximum atomic E-state index is 10.3. The first-order valence-corrected chi connectivity index (χ1v) is 11.3. The molecule has 1 aromatic rings. The summed E-state index contributed by atoms with van der Waals surface area (Å²) in [5.41, 5.74) is 0.866. The first-order chi connectivity index (χ1) is 14.2. The van der Waals surface area contributed by atoms with Crippen LogP contribution in [0.25, 0.3) is 0 Å². The number of piperidine rings is 1. The molecule has 1 atom stereocenters. The first-order valence-electron chi connectivity index (χ1n) is 11.3. The van der Waals surface area contributed by atoms with Gasteiger partial charge in [-0.3, -0.25) is 9.89 Å². The van der Waals surface area contributed by atoms with Gasteiger partial charge in [0.2, 0.25) is 0 Å². The number of phenolic OH excluding ortho intramolecular Hbond substituents is 1. The third kappa shape index (κ3) is 7.18. The number of nitrogens with zero attached hydrogens (tertiary/aromatic N) is 2. The minimum atomic E-state index is 0. The zero-order valence-corrected chi connectivity index (χ0v) is 20.9. The number of aliphatic imine (C=N–C) groups is 1. The second-order valence-corrected chi connectivity index (χ2v) is 8.25. The molecule has 1 heterocycles. The molecule has 0 spiro atoms. The number of hydrogen-bond donors (Lipinski definition) is 3. The Hall–Kier alpha value is -1.22. The van der Waals surface area contributed by atoms with Gasteiger partial charge >= 0.3 is 0 Å². The summed E-state index contributed by atoms with van der Waals surface area (Å²) < 4.78 is 5.20. The van der Waals surface area contributed by atoms with E-state index in [4.69, 9.17) is 9.73 Å². The topological polar surface area (TPSA) is 69.1 Å². The number of phenols is 1. The van der Waals surface area contributed by atoms with Gasteiger partial charge in [0.25, 0.3) is 0 Å². The van der Waals surface area contributed by atoms with Gasteiger partial charge in [-0.2, -0.15) is 0 Å². The number of ether oxygens (including phenoxy) is 1. The molecule has 0 bridgehead atoms. The fourth-order valence-corrected chi connectivity index (χ4v) is 4.64. The lowest BCUT2D eigenvalue weighted by molar-refractivity contribution is 0.115. The van der Waals surface area contributed by atoms with Crippen molar-refractivity contribution in [2.45, 2.75) is 70.4 Å². The number of methoxy groups -OCH3 is 1. The van der Waals surface area contributed by atoms with Gasteiger partial charge in [0.15, 0.2) is 17.5 Å². The minimum Gasteiger partial charge on any atom is -0.504 e. The van der Waals surface area contributed by atoms with Crippen molar-refractivity contribution in [3.8, 4) is 11.5 Å². The van der Waals surface area contributed by atoms with Crippen LogP contribution in [0.1, 0.15) is 57.4 Å². The maximum Gasteiger partial charge on any atom is 0.191 e. The van der Waals surface area contributed by atoms with Crippen molar-refractivity contribution < 1.29 is 9.84 Å². The molecule has 1 aromatic carbocycles. The highest BCUT2D eigenvalue weighted by molar-refractivity contribution is 14.0. The van der Waals surface area contributed by atoms with Crippen LogP contribution in [-0.2, 0) is 6.42 Å². The molecule has 1 saturated carbocycles. The van der Waals surface area contributed by atoms with E-state index in [1.54, 1.807) is 13.2 Å². The average molecular weight is 530 g/mol. The number of benzene rings is 1. The number of hydrogen-bond acceptors (Lipinski definition) is 4. The number of aromatic hydroxyl groups is 1. The van der Waals surface area contributed by atoms with E-state index in [9.17, 15) is 5.11 Å². The molecule has 1 unspecified atom stereocenters. The predicted molar refractivity (Wildman–Crippen MR) is 134 cm³/mol. The van der Waals surface area contributed by atoms with Crippen molar-refractivity contribution in [3.63, 3.8) is 0 Å².